The van der Waals surface area contributed by atoms with Crippen molar-refractivity contribution in [2.24, 2.45) is 5.73 Å². The molecule has 0 bridgehead atoms. The molecule has 0 saturated carbocycles. The van der Waals surface area contributed by atoms with E-state index in [-0.39, 0.29) is 0 Å². The molecule has 1 aliphatic rings. The fourth-order valence-corrected chi connectivity index (χ4v) is 4.21. The third-order valence-electron chi connectivity index (χ3n) is 2.44. The number of nitrogens with zero attached hydrogens (tertiary/aromatic N) is 2. The fourth-order valence-electron chi connectivity index (χ4n) is 1.53. The fraction of sp³-hybridized carbons (Fsp3) is 0.800. The van der Waals surface area contributed by atoms with E-state index in [9.17, 15) is 0 Å². The third-order valence-corrected chi connectivity index (χ3v) is 5.52. The van der Waals surface area contributed by atoms with Crippen molar-refractivity contribution in [1.82, 2.24) is 10.1 Å². The van der Waals surface area contributed by atoms with Crippen molar-refractivity contribution < 1.29 is 4.52 Å². The molecule has 0 aliphatic carbocycles. The van der Waals surface area contributed by atoms with Crippen LogP contribution in [0, 0.1) is 0 Å². The summed E-state index contributed by atoms with van der Waals surface area (Å²) < 4.78 is 5.22. The summed E-state index contributed by atoms with van der Waals surface area (Å²) in [7, 11) is 0. The van der Waals surface area contributed by atoms with Crippen molar-refractivity contribution in [3.05, 3.63) is 11.7 Å². The first-order valence-corrected chi connectivity index (χ1v) is 7.44. The summed E-state index contributed by atoms with van der Waals surface area (Å²) in [6.07, 6.45) is 0. The standard InChI is InChI=1S/C10H17N3OS2/c1-6-7(16-5-4-15-6)8-12-9(14-13-8)10(2,3)11/h6-7H,4-5,11H2,1-3H3. The Kier molecular flexibility index (Phi) is 3.51. The molecule has 1 aromatic rings. The van der Waals surface area contributed by atoms with Crippen LogP contribution < -0.4 is 5.73 Å². The van der Waals surface area contributed by atoms with E-state index in [0.29, 0.717) is 16.4 Å². The monoisotopic (exact) mass is 259 g/mol. The molecular weight excluding hydrogens is 242 g/mol. The van der Waals surface area contributed by atoms with Gasteiger partial charge in [-0.2, -0.15) is 16.7 Å². The van der Waals surface area contributed by atoms with Gasteiger partial charge in [-0.15, -0.1) is 11.8 Å². The van der Waals surface area contributed by atoms with E-state index in [2.05, 4.69) is 17.1 Å². The van der Waals surface area contributed by atoms with E-state index in [4.69, 9.17) is 10.3 Å². The maximum absolute atomic E-state index is 5.93. The lowest BCUT2D eigenvalue weighted by Gasteiger charge is -2.24. The predicted octanol–water partition coefficient (Wildman–Crippen LogP) is 2.17. The summed E-state index contributed by atoms with van der Waals surface area (Å²) in [6.45, 7) is 5.96. The Morgan fingerprint density at radius 1 is 1.38 bits per heavy atom. The van der Waals surface area contributed by atoms with E-state index in [1.807, 2.05) is 37.4 Å². The second kappa shape index (κ2) is 4.58. The minimum absolute atomic E-state index is 0.332. The highest BCUT2D eigenvalue weighted by Crippen LogP contribution is 2.41. The van der Waals surface area contributed by atoms with Crippen molar-refractivity contribution >= 4 is 23.5 Å². The van der Waals surface area contributed by atoms with Crippen LogP contribution in [0.15, 0.2) is 4.52 Å². The van der Waals surface area contributed by atoms with Gasteiger partial charge in [0.05, 0.1) is 10.8 Å². The molecule has 2 rings (SSSR count). The largest absolute Gasteiger partial charge is 0.337 e. The van der Waals surface area contributed by atoms with Crippen LogP contribution in [0.4, 0.5) is 0 Å². The first kappa shape index (κ1) is 12.3. The molecule has 0 amide bonds. The Bertz CT molecular complexity index is 361. The number of nitrogens with two attached hydrogens (primary N) is 1. The SMILES string of the molecule is CC1SCCSC1c1noc(C(C)(C)N)n1. The minimum atomic E-state index is -0.555. The highest BCUT2D eigenvalue weighted by molar-refractivity contribution is 8.06. The molecule has 2 heterocycles. The molecule has 90 valence electrons. The normalized spacial score (nSPS) is 27.0. The molecule has 1 aliphatic heterocycles. The molecule has 2 atom stereocenters. The quantitative estimate of drug-likeness (QED) is 0.878. The molecule has 6 heteroatoms. The average Bonchev–Trinajstić information content (AvgIpc) is 2.66. The number of hydrogen-bond acceptors (Lipinski definition) is 6. The van der Waals surface area contributed by atoms with E-state index in [1.165, 1.54) is 5.75 Å². The summed E-state index contributed by atoms with van der Waals surface area (Å²) in [5.74, 6) is 3.66. The Morgan fingerprint density at radius 2 is 2.06 bits per heavy atom. The summed E-state index contributed by atoms with van der Waals surface area (Å²) in [4.78, 5) is 4.42. The van der Waals surface area contributed by atoms with Crippen LogP contribution in [0.1, 0.15) is 37.7 Å². The molecule has 1 aromatic heterocycles. The van der Waals surface area contributed by atoms with Crippen molar-refractivity contribution in [1.29, 1.82) is 0 Å². The van der Waals surface area contributed by atoms with Crippen LogP contribution in [0.25, 0.3) is 0 Å². The van der Waals surface area contributed by atoms with Gasteiger partial charge < -0.3 is 10.3 Å². The van der Waals surface area contributed by atoms with Crippen molar-refractivity contribution in [2.75, 3.05) is 11.5 Å². The Morgan fingerprint density at radius 3 is 2.62 bits per heavy atom. The van der Waals surface area contributed by atoms with E-state index < -0.39 is 5.54 Å². The highest BCUT2D eigenvalue weighted by Gasteiger charge is 2.30. The Hall–Kier alpha value is -0.200. The summed E-state index contributed by atoms with van der Waals surface area (Å²) in [5.41, 5.74) is 5.37. The number of rotatable bonds is 2. The molecule has 1 saturated heterocycles. The molecule has 0 radical (unpaired) electrons. The van der Waals surface area contributed by atoms with Crippen LogP contribution in [0.2, 0.25) is 0 Å². The van der Waals surface area contributed by atoms with Gasteiger partial charge in [-0.3, -0.25) is 0 Å². The second-order valence-corrected chi connectivity index (χ2v) is 7.28. The van der Waals surface area contributed by atoms with Crippen LogP contribution in [-0.2, 0) is 5.54 Å². The van der Waals surface area contributed by atoms with Gasteiger partial charge in [0.2, 0.25) is 5.89 Å². The van der Waals surface area contributed by atoms with Crippen LogP contribution >= 0.6 is 23.5 Å². The zero-order valence-corrected chi connectivity index (χ0v) is 11.4. The summed E-state index contributed by atoms with van der Waals surface area (Å²) >= 11 is 3.87. The summed E-state index contributed by atoms with van der Waals surface area (Å²) in [5, 5.41) is 4.92. The minimum Gasteiger partial charge on any atom is -0.337 e. The molecular formula is C10H17N3OS2. The zero-order valence-electron chi connectivity index (χ0n) is 9.77. The van der Waals surface area contributed by atoms with Crippen molar-refractivity contribution in [2.45, 2.75) is 36.8 Å². The van der Waals surface area contributed by atoms with Crippen LogP contribution in [-0.4, -0.2) is 26.9 Å². The van der Waals surface area contributed by atoms with Crippen LogP contribution in [0.5, 0.6) is 0 Å². The van der Waals surface area contributed by atoms with Gasteiger partial charge >= 0.3 is 0 Å². The van der Waals surface area contributed by atoms with Gasteiger partial charge in [-0.1, -0.05) is 12.1 Å². The first-order valence-electron chi connectivity index (χ1n) is 5.34. The topological polar surface area (TPSA) is 64.9 Å². The third kappa shape index (κ3) is 2.55. The van der Waals surface area contributed by atoms with Gasteiger partial charge in [-0.25, -0.2) is 0 Å². The lowest BCUT2D eigenvalue weighted by Crippen LogP contribution is -2.29. The van der Waals surface area contributed by atoms with Gasteiger partial charge in [0.1, 0.15) is 0 Å². The second-order valence-electron chi connectivity index (χ2n) is 4.55. The Balaban J connectivity index is 2.18. The van der Waals surface area contributed by atoms with E-state index >= 15 is 0 Å². The smallest absolute Gasteiger partial charge is 0.246 e. The highest BCUT2D eigenvalue weighted by atomic mass is 32.2. The molecule has 0 spiro atoms. The molecule has 0 aromatic carbocycles. The van der Waals surface area contributed by atoms with Crippen molar-refractivity contribution in [3.8, 4) is 0 Å². The maximum atomic E-state index is 5.93. The average molecular weight is 259 g/mol. The van der Waals surface area contributed by atoms with E-state index in [0.717, 1.165) is 11.6 Å². The molecule has 16 heavy (non-hydrogen) atoms. The molecule has 1 fully saturated rings. The molecule has 2 unspecified atom stereocenters. The number of thioether (sulfide) groups is 2. The predicted molar refractivity (Wildman–Crippen MR) is 68.6 cm³/mol. The van der Waals surface area contributed by atoms with E-state index in [1.54, 1.807) is 0 Å². The number of hydrogen-bond donors (Lipinski definition) is 1. The van der Waals surface area contributed by atoms with Gasteiger partial charge in [0, 0.05) is 16.8 Å². The zero-order chi connectivity index (χ0) is 11.8. The summed E-state index contributed by atoms with van der Waals surface area (Å²) in [6, 6.07) is 0. The lowest BCUT2D eigenvalue weighted by molar-refractivity contribution is 0.310. The lowest BCUT2D eigenvalue weighted by atomic mass is 10.1. The first-order chi connectivity index (χ1) is 7.48. The number of aromatic nitrogens is 2. The molecule has 4 nitrogen and oxygen atoms in total. The van der Waals surface area contributed by atoms with Crippen molar-refractivity contribution in [3.63, 3.8) is 0 Å². The molecule has 2 N–H and O–H groups in total. The van der Waals surface area contributed by atoms with Gasteiger partial charge in [-0.05, 0) is 13.8 Å². The van der Waals surface area contributed by atoms with Gasteiger partial charge in [0.15, 0.2) is 5.82 Å². The van der Waals surface area contributed by atoms with Gasteiger partial charge in [0.25, 0.3) is 0 Å². The van der Waals surface area contributed by atoms with Crippen LogP contribution in [0.3, 0.4) is 0 Å². The maximum Gasteiger partial charge on any atom is 0.246 e. The Labute approximate surface area is 104 Å².